The highest BCUT2D eigenvalue weighted by Crippen LogP contribution is 2.41. The third-order valence-electron chi connectivity index (χ3n) is 5.57. The van der Waals surface area contributed by atoms with Crippen molar-refractivity contribution in [1.29, 1.82) is 0 Å². The third-order valence-corrected chi connectivity index (χ3v) is 5.57. The zero-order valence-corrected chi connectivity index (χ0v) is 17.2. The van der Waals surface area contributed by atoms with Crippen LogP contribution in [0.25, 0.3) is 11.2 Å². The first kappa shape index (κ1) is 19.4. The minimum Gasteiger partial charge on any atom is -0.455 e. The van der Waals surface area contributed by atoms with E-state index in [-0.39, 0.29) is 18.0 Å². The number of Topliss-reactive ketones (excluding diaryl/α,β-unsaturated/α-hetero) is 1. The molecule has 0 N–H and O–H groups in total. The zero-order chi connectivity index (χ0) is 21.4. The van der Waals surface area contributed by atoms with Gasteiger partial charge in [-0.05, 0) is 48.2 Å². The number of rotatable bonds is 7. The molecule has 0 unspecified atom stereocenters. The number of halogens is 1. The Morgan fingerprint density at radius 3 is 2.32 bits per heavy atom. The summed E-state index contributed by atoms with van der Waals surface area (Å²) in [5.41, 5.74) is 3.31. The first-order valence-corrected chi connectivity index (χ1v) is 10.4. The number of hydrogen-bond donors (Lipinski definition) is 0. The Morgan fingerprint density at radius 2 is 1.68 bits per heavy atom. The van der Waals surface area contributed by atoms with Gasteiger partial charge in [-0.3, -0.25) is 4.79 Å². The molecule has 2 heterocycles. The standard InChI is InChI=1S/C25H22FN3O2/c1-29-24(18-6-7-18)28-23-22(12-13-27-25(23)29)31-21-10-4-17(5-11-21)15-20(30)14-16-2-8-19(26)9-3-16/h2-5,8-13,18H,6-7,14-15H2,1H3. The lowest BCUT2D eigenvalue weighted by atomic mass is 10.0. The summed E-state index contributed by atoms with van der Waals surface area (Å²) in [4.78, 5) is 21.6. The summed E-state index contributed by atoms with van der Waals surface area (Å²) >= 11 is 0. The van der Waals surface area contributed by atoms with Gasteiger partial charge < -0.3 is 9.30 Å². The maximum absolute atomic E-state index is 13.0. The highest BCUT2D eigenvalue weighted by Gasteiger charge is 2.29. The molecular formula is C25H22FN3O2. The number of benzene rings is 2. The number of nitrogens with zero attached hydrogens (tertiary/aromatic N) is 3. The molecule has 1 aliphatic carbocycles. The van der Waals surface area contributed by atoms with E-state index in [1.54, 1.807) is 18.3 Å². The Bertz CT molecular complexity index is 1240. The van der Waals surface area contributed by atoms with E-state index in [4.69, 9.17) is 9.72 Å². The number of ketones is 1. The Balaban J connectivity index is 1.28. The van der Waals surface area contributed by atoms with Crippen molar-refractivity contribution < 1.29 is 13.9 Å². The second-order valence-corrected chi connectivity index (χ2v) is 8.05. The summed E-state index contributed by atoms with van der Waals surface area (Å²) in [5.74, 6) is 2.73. The predicted octanol–water partition coefficient (Wildman–Crippen LogP) is 5.13. The van der Waals surface area contributed by atoms with E-state index >= 15 is 0 Å². The molecule has 6 heteroatoms. The Hall–Kier alpha value is -3.54. The van der Waals surface area contributed by atoms with E-state index in [9.17, 15) is 9.18 Å². The molecule has 4 aromatic rings. The van der Waals surface area contributed by atoms with Crippen LogP contribution in [0.5, 0.6) is 11.5 Å². The van der Waals surface area contributed by atoms with Crippen molar-refractivity contribution in [3.05, 3.63) is 83.6 Å². The summed E-state index contributed by atoms with van der Waals surface area (Å²) in [6.07, 6.45) is 4.70. The molecule has 0 bridgehead atoms. The molecule has 2 aromatic heterocycles. The van der Waals surface area contributed by atoms with Gasteiger partial charge in [0, 0.05) is 38.1 Å². The molecule has 0 amide bonds. The van der Waals surface area contributed by atoms with Crippen LogP contribution in [0.15, 0.2) is 60.8 Å². The van der Waals surface area contributed by atoms with Crippen LogP contribution in [0, 0.1) is 5.82 Å². The Labute approximate surface area is 179 Å². The SMILES string of the molecule is Cn1c(C2CC2)nc2c(Oc3ccc(CC(=O)Cc4ccc(F)cc4)cc3)ccnc21. The lowest BCUT2D eigenvalue weighted by Gasteiger charge is -2.07. The van der Waals surface area contributed by atoms with E-state index in [0.717, 1.165) is 28.1 Å². The lowest BCUT2D eigenvalue weighted by molar-refractivity contribution is -0.117. The van der Waals surface area contributed by atoms with Crippen molar-refractivity contribution in [2.24, 2.45) is 7.05 Å². The van der Waals surface area contributed by atoms with Gasteiger partial charge in [0.05, 0.1) is 0 Å². The van der Waals surface area contributed by atoms with Gasteiger partial charge >= 0.3 is 0 Å². The van der Waals surface area contributed by atoms with Crippen molar-refractivity contribution in [2.45, 2.75) is 31.6 Å². The van der Waals surface area contributed by atoms with E-state index in [1.165, 1.54) is 25.0 Å². The monoisotopic (exact) mass is 415 g/mol. The third kappa shape index (κ3) is 4.19. The van der Waals surface area contributed by atoms with Crippen molar-refractivity contribution in [3.63, 3.8) is 0 Å². The molecule has 0 spiro atoms. The van der Waals surface area contributed by atoms with Crippen LogP contribution < -0.4 is 4.74 Å². The van der Waals surface area contributed by atoms with Crippen molar-refractivity contribution in [2.75, 3.05) is 0 Å². The van der Waals surface area contributed by atoms with Crippen molar-refractivity contribution in [1.82, 2.24) is 14.5 Å². The number of imidazole rings is 1. The summed E-state index contributed by atoms with van der Waals surface area (Å²) in [5, 5.41) is 0. The average Bonchev–Trinajstić information content (AvgIpc) is 3.55. The van der Waals surface area contributed by atoms with Crippen LogP contribution >= 0.6 is 0 Å². The zero-order valence-electron chi connectivity index (χ0n) is 17.2. The first-order valence-electron chi connectivity index (χ1n) is 10.4. The van der Waals surface area contributed by atoms with Gasteiger partial charge in [0.1, 0.15) is 23.2 Å². The van der Waals surface area contributed by atoms with Crippen LogP contribution in [0.2, 0.25) is 0 Å². The van der Waals surface area contributed by atoms with Gasteiger partial charge in [0.15, 0.2) is 16.9 Å². The maximum Gasteiger partial charge on any atom is 0.163 e. The van der Waals surface area contributed by atoms with E-state index in [0.29, 0.717) is 23.8 Å². The molecule has 31 heavy (non-hydrogen) atoms. The normalized spacial score (nSPS) is 13.5. The number of hydrogen-bond acceptors (Lipinski definition) is 4. The Kier molecular flexibility index (Phi) is 4.98. The average molecular weight is 415 g/mol. The first-order chi connectivity index (χ1) is 15.1. The second kappa shape index (κ2) is 7.95. The molecule has 5 rings (SSSR count). The topological polar surface area (TPSA) is 57.0 Å². The van der Waals surface area contributed by atoms with E-state index in [2.05, 4.69) is 9.55 Å². The molecule has 0 aliphatic heterocycles. The van der Waals surface area contributed by atoms with E-state index in [1.807, 2.05) is 37.4 Å². The highest BCUT2D eigenvalue weighted by atomic mass is 19.1. The van der Waals surface area contributed by atoms with Gasteiger partial charge in [0.2, 0.25) is 0 Å². The fourth-order valence-corrected chi connectivity index (χ4v) is 3.79. The number of carbonyl (C=O) groups is 1. The van der Waals surface area contributed by atoms with Gasteiger partial charge in [-0.2, -0.15) is 0 Å². The number of fused-ring (bicyclic) bond motifs is 1. The van der Waals surface area contributed by atoms with Crippen molar-refractivity contribution in [3.8, 4) is 11.5 Å². The minimum atomic E-state index is -0.298. The fraction of sp³-hybridized carbons (Fsp3) is 0.240. The smallest absolute Gasteiger partial charge is 0.163 e. The van der Waals surface area contributed by atoms with Crippen LogP contribution in [0.1, 0.15) is 35.7 Å². The van der Waals surface area contributed by atoms with Crippen LogP contribution in [-0.4, -0.2) is 20.3 Å². The number of carbonyl (C=O) groups excluding carboxylic acids is 1. The van der Waals surface area contributed by atoms with Crippen LogP contribution in [0.3, 0.4) is 0 Å². The Morgan fingerprint density at radius 1 is 1.03 bits per heavy atom. The van der Waals surface area contributed by atoms with Gasteiger partial charge in [-0.15, -0.1) is 0 Å². The maximum atomic E-state index is 13.0. The second-order valence-electron chi connectivity index (χ2n) is 8.05. The molecule has 1 fully saturated rings. The fourth-order valence-electron chi connectivity index (χ4n) is 3.79. The number of aryl methyl sites for hydroxylation is 1. The summed E-state index contributed by atoms with van der Waals surface area (Å²) in [6, 6.07) is 15.4. The molecular weight excluding hydrogens is 393 g/mol. The number of ether oxygens (including phenoxy) is 1. The molecule has 1 aliphatic rings. The number of pyridine rings is 1. The molecule has 0 saturated heterocycles. The molecule has 0 atom stereocenters. The van der Waals surface area contributed by atoms with E-state index < -0.39 is 0 Å². The van der Waals surface area contributed by atoms with Gasteiger partial charge in [-0.1, -0.05) is 24.3 Å². The molecule has 156 valence electrons. The molecule has 1 saturated carbocycles. The molecule has 0 radical (unpaired) electrons. The predicted molar refractivity (Wildman–Crippen MR) is 116 cm³/mol. The summed E-state index contributed by atoms with van der Waals surface area (Å²) in [7, 11) is 2.00. The van der Waals surface area contributed by atoms with Crippen LogP contribution in [-0.2, 0) is 24.7 Å². The lowest BCUT2D eigenvalue weighted by Crippen LogP contribution is -2.06. The number of aromatic nitrogens is 3. The van der Waals surface area contributed by atoms with Gasteiger partial charge in [0.25, 0.3) is 0 Å². The quantitative estimate of drug-likeness (QED) is 0.420. The highest BCUT2D eigenvalue weighted by molar-refractivity contribution is 5.83. The summed E-state index contributed by atoms with van der Waals surface area (Å²) in [6.45, 7) is 0. The largest absolute Gasteiger partial charge is 0.455 e. The molecule has 2 aromatic carbocycles. The van der Waals surface area contributed by atoms with Crippen molar-refractivity contribution >= 4 is 16.9 Å². The van der Waals surface area contributed by atoms with Gasteiger partial charge in [-0.25, -0.2) is 14.4 Å². The molecule has 5 nitrogen and oxygen atoms in total. The summed E-state index contributed by atoms with van der Waals surface area (Å²) < 4.78 is 21.1. The van der Waals surface area contributed by atoms with Crippen LogP contribution in [0.4, 0.5) is 4.39 Å². The minimum absolute atomic E-state index is 0.0807.